The van der Waals surface area contributed by atoms with Crippen molar-refractivity contribution in [2.45, 2.75) is 386 Å². The van der Waals surface area contributed by atoms with Gasteiger partial charge < -0.3 is 14.2 Å². The topological polar surface area (TPSA) is 78.9 Å². The molecule has 0 fully saturated rings. The highest BCUT2D eigenvalue weighted by Gasteiger charge is 2.19. The van der Waals surface area contributed by atoms with Crippen molar-refractivity contribution in [3.05, 3.63) is 36.5 Å². The van der Waals surface area contributed by atoms with Gasteiger partial charge in [-0.2, -0.15) is 0 Å². The van der Waals surface area contributed by atoms with Crippen molar-refractivity contribution < 1.29 is 28.6 Å². The van der Waals surface area contributed by atoms with Gasteiger partial charge in [-0.25, -0.2) is 0 Å². The van der Waals surface area contributed by atoms with Crippen LogP contribution in [0, 0.1) is 0 Å². The summed E-state index contributed by atoms with van der Waals surface area (Å²) in [4.78, 5) is 38.2. The van der Waals surface area contributed by atoms with E-state index in [4.69, 9.17) is 14.2 Å². The van der Waals surface area contributed by atoms with Crippen LogP contribution >= 0.6 is 0 Å². The Labute approximate surface area is 480 Å². The van der Waals surface area contributed by atoms with Crippen LogP contribution in [0.3, 0.4) is 0 Å². The second kappa shape index (κ2) is 66.1. The van der Waals surface area contributed by atoms with Gasteiger partial charge in [-0.15, -0.1) is 0 Å². The number of carbonyl (C=O) groups excluding carboxylic acids is 3. The molecular weight excluding hydrogens is 949 g/mol. The molecule has 1 unspecified atom stereocenters. The largest absolute Gasteiger partial charge is 0.462 e. The van der Waals surface area contributed by atoms with Gasteiger partial charge in [-0.05, 0) is 77.0 Å². The van der Waals surface area contributed by atoms with E-state index in [2.05, 4.69) is 57.2 Å². The molecule has 0 N–H and O–H groups in total. The molecule has 0 rings (SSSR count). The highest BCUT2D eigenvalue weighted by Crippen LogP contribution is 2.18. The Balaban J connectivity index is 4.00. The number of ether oxygens (including phenoxy) is 3. The molecule has 1 atom stereocenters. The minimum Gasteiger partial charge on any atom is -0.462 e. The van der Waals surface area contributed by atoms with Crippen LogP contribution in [0.2, 0.25) is 0 Å². The Morgan fingerprint density at radius 3 is 0.727 bits per heavy atom. The van der Waals surface area contributed by atoms with Gasteiger partial charge in [0.25, 0.3) is 0 Å². The molecule has 0 aromatic carbocycles. The average Bonchev–Trinajstić information content (AvgIpc) is 3.43. The molecule has 6 heteroatoms. The van der Waals surface area contributed by atoms with E-state index < -0.39 is 6.10 Å². The molecule has 0 saturated carbocycles. The maximum atomic E-state index is 12.9. The maximum Gasteiger partial charge on any atom is 0.306 e. The first-order chi connectivity index (χ1) is 38.0. The van der Waals surface area contributed by atoms with Crippen molar-refractivity contribution in [3.8, 4) is 0 Å². The van der Waals surface area contributed by atoms with Gasteiger partial charge in [0, 0.05) is 19.3 Å². The summed E-state index contributed by atoms with van der Waals surface area (Å²) in [6, 6.07) is 0. The van der Waals surface area contributed by atoms with Crippen LogP contribution < -0.4 is 0 Å². The third kappa shape index (κ3) is 64.3. The number of hydrogen-bond donors (Lipinski definition) is 0. The van der Waals surface area contributed by atoms with E-state index in [0.29, 0.717) is 19.3 Å². The predicted molar refractivity (Wildman–Crippen MR) is 335 cm³/mol. The molecule has 6 nitrogen and oxygen atoms in total. The number of esters is 3. The van der Waals surface area contributed by atoms with Gasteiger partial charge in [0.15, 0.2) is 6.10 Å². The zero-order chi connectivity index (χ0) is 55.7. The van der Waals surface area contributed by atoms with E-state index in [1.807, 2.05) is 0 Å². The first kappa shape index (κ1) is 74.6. The van der Waals surface area contributed by atoms with Crippen molar-refractivity contribution in [2.75, 3.05) is 13.2 Å². The maximum absolute atomic E-state index is 12.9. The van der Waals surface area contributed by atoms with E-state index in [0.717, 1.165) is 64.2 Å². The summed E-state index contributed by atoms with van der Waals surface area (Å²) in [5, 5.41) is 0. The minimum atomic E-state index is -0.769. The number of rotatable bonds is 64. The SMILES string of the molecule is CCCCCCC/C=C\C/C=C\CCCCCCCCCCCCCCCCCCCCCCCC(=O)OCC(COC(=O)CCCCCCCCCC)OC(=O)CCCCCCCCC/C=C\CCCCCCCCC. The first-order valence-corrected chi connectivity index (χ1v) is 34.5. The summed E-state index contributed by atoms with van der Waals surface area (Å²) < 4.78 is 16.9. The lowest BCUT2D eigenvalue weighted by Crippen LogP contribution is -2.30. The Kier molecular flexibility index (Phi) is 64.1. The van der Waals surface area contributed by atoms with Gasteiger partial charge in [-0.3, -0.25) is 14.4 Å². The molecule has 0 heterocycles. The summed E-state index contributed by atoms with van der Waals surface area (Å²) in [5.41, 5.74) is 0. The van der Waals surface area contributed by atoms with Crippen molar-refractivity contribution in [3.63, 3.8) is 0 Å². The molecule has 0 aliphatic carbocycles. The predicted octanol–water partition coefficient (Wildman–Crippen LogP) is 23.6. The fourth-order valence-electron chi connectivity index (χ4n) is 10.4. The monoisotopic (exact) mass is 1080 g/mol. The minimum absolute atomic E-state index is 0.0683. The van der Waals surface area contributed by atoms with Crippen LogP contribution in [0.25, 0.3) is 0 Å². The van der Waals surface area contributed by atoms with Gasteiger partial charge in [0.1, 0.15) is 13.2 Å². The Morgan fingerprint density at radius 2 is 0.468 bits per heavy atom. The summed E-state index contributed by atoms with van der Waals surface area (Å²) in [7, 11) is 0. The van der Waals surface area contributed by atoms with Gasteiger partial charge in [0.2, 0.25) is 0 Å². The standard InChI is InChI=1S/C71H132O6/c1-4-7-10-13-16-19-21-23-25-27-29-30-31-32-33-34-35-36-37-38-39-40-41-42-43-45-46-48-50-52-55-58-61-64-70(73)76-67-68(66-75-69(72)63-60-57-54-18-15-12-9-6-3)77-71(74)65-62-59-56-53-51-49-47-44-28-26-24-22-20-17-14-11-8-5-2/h21,23,26-29,68H,4-20,22,24-25,30-67H2,1-3H3/b23-21-,28-26-,29-27-. The van der Waals surface area contributed by atoms with Crippen LogP contribution in [-0.2, 0) is 28.6 Å². The summed E-state index contributed by atoms with van der Waals surface area (Å²) in [6.45, 7) is 6.65. The van der Waals surface area contributed by atoms with E-state index in [-0.39, 0.29) is 31.1 Å². The zero-order valence-electron chi connectivity index (χ0n) is 52.0. The first-order valence-electron chi connectivity index (χ1n) is 34.5. The Morgan fingerprint density at radius 1 is 0.260 bits per heavy atom. The van der Waals surface area contributed by atoms with E-state index in [1.165, 1.54) is 276 Å². The molecule has 0 aromatic heterocycles. The van der Waals surface area contributed by atoms with Crippen LogP contribution in [0.4, 0.5) is 0 Å². The van der Waals surface area contributed by atoms with Crippen molar-refractivity contribution in [1.82, 2.24) is 0 Å². The van der Waals surface area contributed by atoms with Crippen LogP contribution in [0.5, 0.6) is 0 Å². The molecule has 0 amide bonds. The number of carbonyl (C=O) groups is 3. The molecular formula is C71H132O6. The van der Waals surface area contributed by atoms with E-state index in [1.54, 1.807) is 0 Å². The number of hydrogen-bond acceptors (Lipinski definition) is 6. The Hall–Kier alpha value is -2.37. The summed E-state index contributed by atoms with van der Waals surface area (Å²) in [5.74, 6) is -0.853. The highest BCUT2D eigenvalue weighted by molar-refractivity contribution is 5.71. The van der Waals surface area contributed by atoms with Crippen LogP contribution in [-0.4, -0.2) is 37.2 Å². The van der Waals surface area contributed by atoms with Gasteiger partial charge in [-0.1, -0.05) is 320 Å². The van der Waals surface area contributed by atoms with Gasteiger partial charge >= 0.3 is 17.9 Å². The quantitative estimate of drug-likeness (QED) is 0.0261. The zero-order valence-corrected chi connectivity index (χ0v) is 52.0. The van der Waals surface area contributed by atoms with Crippen LogP contribution in [0.15, 0.2) is 36.5 Å². The van der Waals surface area contributed by atoms with Crippen LogP contribution in [0.1, 0.15) is 380 Å². The van der Waals surface area contributed by atoms with Crippen molar-refractivity contribution in [1.29, 1.82) is 0 Å². The van der Waals surface area contributed by atoms with Crippen molar-refractivity contribution >= 4 is 17.9 Å². The molecule has 0 aliphatic heterocycles. The summed E-state index contributed by atoms with van der Waals surface area (Å²) >= 11 is 0. The molecule has 0 spiro atoms. The molecule has 452 valence electrons. The molecule has 0 saturated heterocycles. The molecule has 0 bridgehead atoms. The molecule has 77 heavy (non-hydrogen) atoms. The smallest absolute Gasteiger partial charge is 0.306 e. The lowest BCUT2D eigenvalue weighted by atomic mass is 10.0. The third-order valence-corrected chi connectivity index (χ3v) is 15.6. The molecule has 0 radical (unpaired) electrons. The van der Waals surface area contributed by atoms with E-state index in [9.17, 15) is 14.4 Å². The Bertz CT molecular complexity index is 1290. The molecule has 0 aromatic rings. The van der Waals surface area contributed by atoms with E-state index >= 15 is 0 Å². The lowest BCUT2D eigenvalue weighted by Gasteiger charge is -2.18. The number of allylic oxidation sites excluding steroid dienone is 6. The number of unbranched alkanes of at least 4 members (excludes halogenated alkanes) is 47. The average molecular weight is 1080 g/mol. The fourth-order valence-corrected chi connectivity index (χ4v) is 10.4. The lowest BCUT2D eigenvalue weighted by molar-refractivity contribution is -0.167. The van der Waals surface area contributed by atoms with Gasteiger partial charge in [0.05, 0.1) is 0 Å². The highest BCUT2D eigenvalue weighted by atomic mass is 16.6. The third-order valence-electron chi connectivity index (χ3n) is 15.6. The normalized spacial score (nSPS) is 12.2. The van der Waals surface area contributed by atoms with Crippen molar-refractivity contribution in [2.24, 2.45) is 0 Å². The fraction of sp³-hybridized carbons (Fsp3) is 0.873. The molecule has 0 aliphatic rings. The second-order valence-electron chi connectivity index (χ2n) is 23.4. The summed E-state index contributed by atoms with van der Waals surface area (Å²) in [6.07, 6.45) is 82.0. The second-order valence-corrected chi connectivity index (χ2v) is 23.4.